The maximum absolute atomic E-state index is 11.5. The fraction of sp³-hybridized carbons (Fsp3) is 0.917. The zero-order valence-corrected chi connectivity index (χ0v) is 11.1. The quantitative estimate of drug-likeness (QED) is 0.676. The molecule has 0 radical (unpaired) electrons. The van der Waals surface area contributed by atoms with Gasteiger partial charge in [-0.25, -0.2) is 0 Å². The molecule has 0 aromatic heterocycles. The summed E-state index contributed by atoms with van der Waals surface area (Å²) < 4.78 is 10.00. The molecule has 0 aromatic rings. The van der Waals surface area contributed by atoms with E-state index >= 15 is 0 Å². The van der Waals surface area contributed by atoms with Gasteiger partial charge in [-0.2, -0.15) is 0 Å². The first kappa shape index (κ1) is 15.4. The van der Waals surface area contributed by atoms with E-state index in [4.69, 9.17) is 15.2 Å². The van der Waals surface area contributed by atoms with Crippen molar-refractivity contribution in [1.29, 1.82) is 0 Å². The molecule has 0 rings (SSSR count). The van der Waals surface area contributed by atoms with E-state index in [1.165, 1.54) is 7.11 Å². The van der Waals surface area contributed by atoms with Gasteiger partial charge in [0.05, 0.1) is 20.1 Å². The standard InChI is InChI=1S/C12H25NO3/c1-6-10(13)12(8-15-4,9(2)3)7-11(14)16-5/h9-10H,6-8,13H2,1-5H3. The minimum absolute atomic E-state index is 0.0634. The van der Waals surface area contributed by atoms with Gasteiger partial charge in [0.2, 0.25) is 0 Å². The topological polar surface area (TPSA) is 61.5 Å². The number of ether oxygens (including phenoxy) is 2. The number of hydrogen-bond donors (Lipinski definition) is 1. The smallest absolute Gasteiger partial charge is 0.306 e. The van der Waals surface area contributed by atoms with Crippen LogP contribution in [0.15, 0.2) is 0 Å². The maximum atomic E-state index is 11.5. The summed E-state index contributed by atoms with van der Waals surface area (Å²) in [7, 11) is 3.04. The maximum Gasteiger partial charge on any atom is 0.306 e. The van der Waals surface area contributed by atoms with Crippen molar-refractivity contribution in [2.45, 2.75) is 39.7 Å². The average Bonchev–Trinajstić information content (AvgIpc) is 2.26. The largest absolute Gasteiger partial charge is 0.469 e. The molecule has 96 valence electrons. The van der Waals surface area contributed by atoms with Crippen molar-refractivity contribution >= 4 is 5.97 Å². The van der Waals surface area contributed by atoms with Crippen LogP contribution in [0.25, 0.3) is 0 Å². The van der Waals surface area contributed by atoms with Crippen LogP contribution in [0, 0.1) is 11.3 Å². The molecule has 0 saturated carbocycles. The Morgan fingerprint density at radius 3 is 2.25 bits per heavy atom. The summed E-state index contributed by atoms with van der Waals surface area (Å²) in [6.45, 7) is 6.64. The van der Waals surface area contributed by atoms with Gasteiger partial charge in [0.25, 0.3) is 0 Å². The fourth-order valence-corrected chi connectivity index (χ4v) is 2.10. The van der Waals surface area contributed by atoms with Gasteiger partial charge in [0, 0.05) is 18.6 Å². The van der Waals surface area contributed by atoms with Crippen molar-refractivity contribution in [3.8, 4) is 0 Å². The zero-order chi connectivity index (χ0) is 12.8. The van der Waals surface area contributed by atoms with Crippen molar-refractivity contribution in [2.24, 2.45) is 17.1 Å². The second-order valence-electron chi connectivity index (χ2n) is 4.59. The third-order valence-electron chi connectivity index (χ3n) is 3.44. The normalized spacial score (nSPS) is 16.9. The molecule has 0 aliphatic carbocycles. The van der Waals surface area contributed by atoms with Crippen LogP contribution < -0.4 is 5.73 Å². The predicted molar refractivity (Wildman–Crippen MR) is 64.0 cm³/mol. The van der Waals surface area contributed by atoms with E-state index in [1.807, 2.05) is 6.92 Å². The lowest BCUT2D eigenvalue weighted by Gasteiger charge is -2.41. The van der Waals surface area contributed by atoms with Crippen LogP contribution in [0.2, 0.25) is 0 Å². The Balaban J connectivity index is 5.00. The average molecular weight is 231 g/mol. The number of esters is 1. The SMILES string of the molecule is CCC(N)C(COC)(CC(=O)OC)C(C)C. The summed E-state index contributed by atoms with van der Waals surface area (Å²) >= 11 is 0. The van der Waals surface area contributed by atoms with Crippen LogP contribution in [0.1, 0.15) is 33.6 Å². The molecule has 0 fully saturated rings. The van der Waals surface area contributed by atoms with Gasteiger partial charge >= 0.3 is 5.97 Å². The molecule has 4 heteroatoms. The van der Waals surface area contributed by atoms with E-state index in [2.05, 4.69) is 13.8 Å². The Hall–Kier alpha value is -0.610. The van der Waals surface area contributed by atoms with Crippen LogP contribution in [0.5, 0.6) is 0 Å². The first-order valence-electron chi connectivity index (χ1n) is 5.75. The lowest BCUT2D eigenvalue weighted by molar-refractivity contribution is -0.146. The first-order chi connectivity index (χ1) is 7.44. The van der Waals surface area contributed by atoms with Crippen molar-refractivity contribution < 1.29 is 14.3 Å². The summed E-state index contributed by atoms with van der Waals surface area (Å²) in [5.74, 6) is 0.0381. The molecule has 2 N–H and O–H groups in total. The Bertz CT molecular complexity index is 218. The lowest BCUT2D eigenvalue weighted by Crippen LogP contribution is -2.49. The number of hydrogen-bond acceptors (Lipinski definition) is 4. The van der Waals surface area contributed by atoms with Gasteiger partial charge in [-0.05, 0) is 12.3 Å². The van der Waals surface area contributed by atoms with Crippen LogP contribution in [0.4, 0.5) is 0 Å². The Labute approximate surface area is 98.5 Å². The van der Waals surface area contributed by atoms with E-state index in [1.54, 1.807) is 7.11 Å². The summed E-state index contributed by atoms with van der Waals surface area (Å²) in [6.07, 6.45) is 1.13. The highest BCUT2D eigenvalue weighted by Crippen LogP contribution is 2.36. The Morgan fingerprint density at radius 2 is 1.94 bits per heavy atom. The molecule has 0 aliphatic rings. The number of methoxy groups -OCH3 is 2. The van der Waals surface area contributed by atoms with Gasteiger partial charge in [0.15, 0.2) is 0 Å². The molecule has 0 aromatic carbocycles. The van der Waals surface area contributed by atoms with Crippen LogP contribution >= 0.6 is 0 Å². The highest BCUT2D eigenvalue weighted by Gasteiger charge is 2.41. The number of rotatable bonds is 7. The van der Waals surface area contributed by atoms with Crippen molar-refractivity contribution in [3.05, 3.63) is 0 Å². The lowest BCUT2D eigenvalue weighted by atomic mass is 9.69. The molecule has 0 heterocycles. The third-order valence-corrected chi connectivity index (χ3v) is 3.44. The van der Waals surface area contributed by atoms with E-state index in [9.17, 15) is 4.79 Å². The number of nitrogens with two attached hydrogens (primary N) is 1. The van der Waals surface area contributed by atoms with E-state index in [-0.39, 0.29) is 23.3 Å². The fourth-order valence-electron chi connectivity index (χ4n) is 2.10. The Kier molecular flexibility index (Phi) is 6.60. The molecule has 2 unspecified atom stereocenters. The molecule has 0 saturated heterocycles. The molecule has 0 amide bonds. The monoisotopic (exact) mass is 231 g/mol. The molecule has 2 atom stereocenters. The highest BCUT2D eigenvalue weighted by molar-refractivity contribution is 5.70. The van der Waals surface area contributed by atoms with Crippen molar-refractivity contribution in [2.75, 3.05) is 20.8 Å². The minimum Gasteiger partial charge on any atom is -0.469 e. The molecular formula is C12H25NO3. The van der Waals surface area contributed by atoms with Crippen molar-refractivity contribution in [3.63, 3.8) is 0 Å². The predicted octanol–water partition coefficient (Wildman–Crippen LogP) is 1.58. The van der Waals surface area contributed by atoms with Gasteiger partial charge in [0.1, 0.15) is 0 Å². The van der Waals surface area contributed by atoms with Crippen LogP contribution in [0.3, 0.4) is 0 Å². The van der Waals surface area contributed by atoms with Gasteiger partial charge in [-0.3, -0.25) is 4.79 Å². The summed E-state index contributed by atoms with van der Waals surface area (Å²) in [5.41, 5.74) is 5.82. The van der Waals surface area contributed by atoms with Crippen LogP contribution in [-0.2, 0) is 14.3 Å². The van der Waals surface area contributed by atoms with Gasteiger partial charge in [-0.15, -0.1) is 0 Å². The first-order valence-corrected chi connectivity index (χ1v) is 5.75. The second-order valence-corrected chi connectivity index (χ2v) is 4.59. The van der Waals surface area contributed by atoms with E-state index < -0.39 is 0 Å². The molecule has 0 spiro atoms. The molecule has 4 nitrogen and oxygen atoms in total. The molecular weight excluding hydrogens is 206 g/mol. The summed E-state index contributed by atoms with van der Waals surface area (Å²) in [5, 5.41) is 0. The molecule has 16 heavy (non-hydrogen) atoms. The Morgan fingerprint density at radius 1 is 1.38 bits per heavy atom. The van der Waals surface area contributed by atoms with Crippen LogP contribution in [-0.4, -0.2) is 32.8 Å². The third kappa shape index (κ3) is 3.46. The number of carbonyl (C=O) groups is 1. The molecule has 0 aliphatic heterocycles. The van der Waals surface area contributed by atoms with E-state index in [0.29, 0.717) is 13.0 Å². The van der Waals surface area contributed by atoms with Gasteiger partial charge in [-0.1, -0.05) is 20.8 Å². The van der Waals surface area contributed by atoms with E-state index in [0.717, 1.165) is 6.42 Å². The molecule has 0 bridgehead atoms. The summed E-state index contributed by atoms with van der Waals surface area (Å²) in [4.78, 5) is 11.5. The second kappa shape index (κ2) is 6.86. The van der Waals surface area contributed by atoms with Gasteiger partial charge < -0.3 is 15.2 Å². The zero-order valence-electron chi connectivity index (χ0n) is 11.1. The minimum atomic E-state index is -0.337. The highest BCUT2D eigenvalue weighted by atomic mass is 16.5. The van der Waals surface area contributed by atoms with Crippen molar-refractivity contribution in [1.82, 2.24) is 0 Å². The number of carbonyl (C=O) groups excluding carboxylic acids is 1. The summed E-state index contributed by atoms with van der Waals surface area (Å²) in [6, 6.07) is -0.0634.